The summed E-state index contributed by atoms with van der Waals surface area (Å²) in [4.78, 5) is 21.6. The molecule has 0 saturated carbocycles. The molecule has 2 aromatic carbocycles. The van der Waals surface area contributed by atoms with Gasteiger partial charge in [-0.25, -0.2) is 4.98 Å². The third kappa shape index (κ3) is 4.75. The number of benzene rings is 2. The quantitative estimate of drug-likeness (QED) is 0.496. The molecule has 156 valence electrons. The molecule has 6 nitrogen and oxygen atoms in total. The minimum Gasteiger partial charge on any atom is -0.454 e. The van der Waals surface area contributed by atoms with E-state index in [-0.39, 0.29) is 12.7 Å². The highest BCUT2D eigenvalue weighted by molar-refractivity contribution is 7.22. The summed E-state index contributed by atoms with van der Waals surface area (Å²) < 4.78 is 11.7. The molecule has 3 aromatic rings. The molecule has 1 aromatic heterocycles. The number of nitrogens with zero attached hydrogens (tertiary/aromatic N) is 3. The van der Waals surface area contributed by atoms with Crippen LogP contribution in [0.4, 0.5) is 5.13 Å². The Morgan fingerprint density at radius 2 is 2.00 bits per heavy atom. The van der Waals surface area contributed by atoms with Crippen molar-refractivity contribution in [3.63, 3.8) is 0 Å². The Balaban J connectivity index is 1.56. The molecule has 0 saturated heterocycles. The molecule has 0 unspecified atom stereocenters. The smallest absolute Gasteiger partial charge is 0.252 e. The van der Waals surface area contributed by atoms with E-state index >= 15 is 0 Å². The molecule has 2 heterocycles. The molecule has 1 aliphatic rings. The van der Waals surface area contributed by atoms with E-state index in [0.29, 0.717) is 22.4 Å². The minimum absolute atomic E-state index is 0.114. The number of aromatic nitrogens is 1. The van der Waals surface area contributed by atoms with E-state index in [0.717, 1.165) is 34.5 Å². The van der Waals surface area contributed by atoms with Crippen molar-refractivity contribution in [2.24, 2.45) is 0 Å². The van der Waals surface area contributed by atoms with E-state index in [1.54, 1.807) is 17.1 Å². The second-order valence-electron chi connectivity index (χ2n) is 7.20. The Bertz CT molecular complexity index is 1100. The van der Waals surface area contributed by atoms with Crippen LogP contribution in [0.25, 0.3) is 16.3 Å². The largest absolute Gasteiger partial charge is 0.454 e. The van der Waals surface area contributed by atoms with Crippen molar-refractivity contribution in [3.8, 4) is 11.5 Å². The van der Waals surface area contributed by atoms with E-state index in [1.165, 1.54) is 11.3 Å². The SMILES string of the molecule is CN(C)CCCN(C(=O)/C=C/c1ccc2c(c1)OCO2)c1nc2ccc(Cl)cc2s1. The zero-order valence-electron chi connectivity index (χ0n) is 16.8. The number of hydrogen-bond acceptors (Lipinski definition) is 6. The molecule has 4 rings (SSSR count). The van der Waals surface area contributed by atoms with Crippen LogP contribution in [-0.4, -0.2) is 49.8 Å². The first-order chi connectivity index (χ1) is 14.5. The van der Waals surface area contributed by atoms with Crippen molar-refractivity contribution in [1.29, 1.82) is 0 Å². The van der Waals surface area contributed by atoms with Gasteiger partial charge >= 0.3 is 0 Å². The van der Waals surface area contributed by atoms with Gasteiger partial charge in [-0.2, -0.15) is 0 Å². The number of hydrogen-bond donors (Lipinski definition) is 0. The Hall–Kier alpha value is -2.61. The summed E-state index contributed by atoms with van der Waals surface area (Å²) >= 11 is 7.58. The number of carbonyl (C=O) groups is 1. The number of halogens is 1. The highest BCUT2D eigenvalue weighted by atomic mass is 35.5. The van der Waals surface area contributed by atoms with Gasteiger partial charge in [-0.15, -0.1) is 0 Å². The number of amides is 1. The second-order valence-corrected chi connectivity index (χ2v) is 8.65. The normalized spacial score (nSPS) is 12.9. The molecule has 0 spiro atoms. The number of rotatable bonds is 7. The average molecular weight is 444 g/mol. The third-order valence-corrected chi connectivity index (χ3v) is 5.91. The first-order valence-corrected chi connectivity index (χ1v) is 10.8. The average Bonchev–Trinajstić information content (AvgIpc) is 3.34. The summed E-state index contributed by atoms with van der Waals surface area (Å²) in [5, 5.41) is 1.33. The fourth-order valence-corrected chi connectivity index (χ4v) is 4.39. The van der Waals surface area contributed by atoms with Crippen LogP contribution in [0.1, 0.15) is 12.0 Å². The Morgan fingerprint density at radius 1 is 1.17 bits per heavy atom. The maximum Gasteiger partial charge on any atom is 0.252 e. The van der Waals surface area contributed by atoms with Crippen LogP contribution in [0.2, 0.25) is 5.02 Å². The van der Waals surface area contributed by atoms with Gasteiger partial charge in [0.05, 0.1) is 10.2 Å². The summed E-state index contributed by atoms with van der Waals surface area (Å²) in [5.41, 5.74) is 1.71. The molecular weight excluding hydrogens is 422 g/mol. The molecule has 0 radical (unpaired) electrons. The molecule has 1 aliphatic heterocycles. The van der Waals surface area contributed by atoms with Gasteiger partial charge in [-0.3, -0.25) is 9.69 Å². The third-order valence-electron chi connectivity index (χ3n) is 4.64. The highest BCUT2D eigenvalue weighted by Gasteiger charge is 2.18. The van der Waals surface area contributed by atoms with E-state index in [1.807, 2.05) is 50.5 Å². The van der Waals surface area contributed by atoms with E-state index in [4.69, 9.17) is 21.1 Å². The standard InChI is InChI=1S/C22H22ClN3O3S/c1-25(2)10-3-11-26(22-24-17-7-6-16(23)13-20(17)30-22)21(27)9-5-15-4-8-18-19(12-15)29-14-28-18/h4-9,12-13H,3,10-11,14H2,1-2H3/b9-5+. The van der Waals surface area contributed by atoms with E-state index in [2.05, 4.69) is 9.88 Å². The molecule has 30 heavy (non-hydrogen) atoms. The number of thiazole rings is 1. The highest BCUT2D eigenvalue weighted by Crippen LogP contribution is 2.33. The number of ether oxygens (including phenoxy) is 2. The maximum absolute atomic E-state index is 13.1. The van der Waals surface area contributed by atoms with Crippen LogP contribution >= 0.6 is 22.9 Å². The molecule has 8 heteroatoms. The van der Waals surface area contributed by atoms with Crippen molar-refractivity contribution in [2.75, 3.05) is 38.9 Å². The Labute approximate surface area is 184 Å². The van der Waals surface area contributed by atoms with Crippen molar-refractivity contribution < 1.29 is 14.3 Å². The van der Waals surface area contributed by atoms with Crippen molar-refractivity contribution >= 4 is 50.3 Å². The molecule has 0 fully saturated rings. The molecule has 0 bridgehead atoms. The molecule has 0 atom stereocenters. The van der Waals surface area contributed by atoms with Crippen LogP contribution in [0.3, 0.4) is 0 Å². The van der Waals surface area contributed by atoms with Crippen molar-refractivity contribution in [3.05, 3.63) is 53.1 Å². The number of fused-ring (bicyclic) bond motifs is 2. The lowest BCUT2D eigenvalue weighted by atomic mass is 10.2. The lowest BCUT2D eigenvalue weighted by molar-refractivity contribution is -0.114. The molecular formula is C22H22ClN3O3S. The van der Waals surface area contributed by atoms with Gasteiger partial charge in [0.1, 0.15) is 0 Å². The Morgan fingerprint density at radius 3 is 2.83 bits per heavy atom. The number of anilines is 1. The fraction of sp³-hybridized carbons (Fsp3) is 0.273. The summed E-state index contributed by atoms with van der Waals surface area (Å²) in [5.74, 6) is 1.30. The summed E-state index contributed by atoms with van der Waals surface area (Å²) in [7, 11) is 4.04. The van der Waals surface area contributed by atoms with Crippen LogP contribution in [0.15, 0.2) is 42.5 Å². The van der Waals surface area contributed by atoms with Gasteiger partial charge in [-0.1, -0.05) is 29.0 Å². The molecule has 1 amide bonds. The zero-order valence-corrected chi connectivity index (χ0v) is 18.4. The molecule has 0 aliphatic carbocycles. The van der Waals surface area contributed by atoms with Gasteiger partial charge in [0.2, 0.25) is 6.79 Å². The Kier molecular flexibility index (Phi) is 6.22. The van der Waals surface area contributed by atoms with Gasteiger partial charge in [0.25, 0.3) is 5.91 Å². The second kappa shape index (κ2) is 9.04. The first-order valence-electron chi connectivity index (χ1n) is 9.60. The van der Waals surface area contributed by atoms with Crippen LogP contribution in [-0.2, 0) is 4.79 Å². The van der Waals surface area contributed by atoms with Crippen molar-refractivity contribution in [2.45, 2.75) is 6.42 Å². The van der Waals surface area contributed by atoms with Gasteiger partial charge in [-0.05, 0) is 69.0 Å². The monoisotopic (exact) mass is 443 g/mol. The summed E-state index contributed by atoms with van der Waals surface area (Å²) in [6.45, 7) is 1.69. The van der Waals surface area contributed by atoms with Crippen LogP contribution in [0, 0.1) is 0 Å². The lowest BCUT2D eigenvalue weighted by Gasteiger charge is -2.19. The predicted molar refractivity (Wildman–Crippen MR) is 122 cm³/mol. The van der Waals surface area contributed by atoms with Gasteiger partial charge in [0, 0.05) is 17.6 Å². The van der Waals surface area contributed by atoms with Crippen LogP contribution in [0.5, 0.6) is 11.5 Å². The van der Waals surface area contributed by atoms with Crippen LogP contribution < -0.4 is 14.4 Å². The summed E-state index contributed by atoms with van der Waals surface area (Å²) in [6.07, 6.45) is 4.20. The molecule has 0 N–H and O–H groups in total. The zero-order chi connectivity index (χ0) is 21.1. The maximum atomic E-state index is 13.1. The van der Waals surface area contributed by atoms with Gasteiger partial charge < -0.3 is 14.4 Å². The lowest BCUT2D eigenvalue weighted by Crippen LogP contribution is -2.32. The summed E-state index contributed by atoms with van der Waals surface area (Å²) in [6, 6.07) is 11.2. The fourth-order valence-electron chi connectivity index (χ4n) is 3.12. The topological polar surface area (TPSA) is 54.9 Å². The number of carbonyl (C=O) groups excluding carboxylic acids is 1. The first kappa shape index (κ1) is 20.7. The minimum atomic E-state index is -0.114. The predicted octanol–water partition coefficient (Wildman–Crippen LogP) is 4.68. The van der Waals surface area contributed by atoms with Gasteiger partial charge in [0.15, 0.2) is 16.6 Å². The van der Waals surface area contributed by atoms with E-state index in [9.17, 15) is 4.79 Å². The van der Waals surface area contributed by atoms with Crippen molar-refractivity contribution in [1.82, 2.24) is 9.88 Å². The van der Waals surface area contributed by atoms with E-state index < -0.39 is 0 Å².